The second-order valence-corrected chi connectivity index (χ2v) is 5.68. The van der Waals surface area contributed by atoms with Gasteiger partial charge in [0.1, 0.15) is 0 Å². The lowest BCUT2D eigenvalue weighted by Crippen LogP contribution is -2.44. The molecule has 17 heavy (non-hydrogen) atoms. The zero-order valence-corrected chi connectivity index (χ0v) is 12.6. The van der Waals surface area contributed by atoms with Gasteiger partial charge in [-0.1, -0.05) is 13.8 Å². The van der Waals surface area contributed by atoms with Crippen LogP contribution in [-0.2, 0) is 0 Å². The van der Waals surface area contributed by atoms with Crippen molar-refractivity contribution in [3.8, 4) is 0 Å². The van der Waals surface area contributed by atoms with Gasteiger partial charge in [0.15, 0.2) is 5.96 Å². The van der Waals surface area contributed by atoms with Gasteiger partial charge in [0, 0.05) is 18.6 Å². The molecule has 0 bridgehead atoms. The van der Waals surface area contributed by atoms with Crippen molar-refractivity contribution in [1.82, 2.24) is 15.5 Å². The molecule has 0 rings (SSSR count). The van der Waals surface area contributed by atoms with Gasteiger partial charge in [0.05, 0.1) is 6.54 Å². The van der Waals surface area contributed by atoms with Crippen molar-refractivity contribution in [2.75, 3.05) is 33.7 Å². The fourth-order valence-corrected chi connectivity index (χ4v) is 1.06. The Morgan fingerprint density at radius 2 is 1.82 bits per heavy atom. The van der Waals surface area contributed by atoms with Gasteiger partial charge in [-0.3, -0.25) is 4.99 Å². The smallest absolute Gasteiger partial charge is 0.191 e. The quantitative estimate of drug-likeness (QED) is 0.548. The highest BCUT2D eigenvalue weighted by molar-refractivity contribution is 5.79. The third kappa shape index (κ3) is 7.21. The number of nitrogens with one attached hydrogen (secondary N) is 2. The minimum atomic E-state index is 0.0835. The van der Waals surface area contributed by atoms with Crippen LogP contribution in [0.25, 0.3) is 0 Å². The average Bonchev–Trinajstić information content (AvgIpc) is 2.21. The molecule has 0 aliphatic heterocycles. The van der Waals surface area contributed by atoms with E-state index in [4.69, 9.17) is 0 Å². The lowest BCUT2D eigenvalue weighted by molar-refractivity contribution is 0.204. The molecule has 4 nitrogen and oxygen atoms in total. The standard InChI is InChI=1S/C13H30N4/c1-8-14-12(15-9-11(2)3)16-10-13(4,5)17(6)7/h11H,8-10H2,1-7H3,(H2,14,15,16). The molecule has 0 heterocycles. The van der Waals surface area contributed by atoms with Crippen LogP contribution in [0.3, 0.4) is 0 Å². The van der Waals surface area contributed by atoms with E-state index in [-0.39, 0.29) is 5.54 Å². The Balaban J connectivity index is 4.38. The summed E-state index contributed by atoms with van der Waals surface area (Å²) in [5.74, 6) is 1.54. The minimum Gasteiger partial charge on any atom is -0.357 e. The van der Waals surface area contributed by atoms with Crippen molar-refractivity contribution >= 4 is 5.96 Å². The molecule has 0 aromatic carbocycles. The molecule has 0 saturated carbocycles. The average molecular weight is 242 g/mol. The SMILES string of the molecule is CCNC(=NCC(C)(C)N(C)C)NCC(C)C. The fraction of sp³-hybridized carbons (Fsp3) is 0.923. The van der Waals surface area contributed by atoms with Gasteiger partial charge in [-0.2, -0.15) is 0 Å². The Morgan fingerprint density at radius 3 is 2.24 bits per heavy atom. The van der Waals surface area contributed by atoms with Gasteiger partial charge >= 0.3 is 0 Å². The fourth-order valence-electron chi connectivity index (χ4n) is 1.06. The molecular formula is C13H30N4. The molecule has 4 heteroatoms. The number of hydrogen-bond donors (Lipinski definition) is 2. The molecule has 0 spiro atoms. The molecule has 0 saturated heterocycles. The lowest BCUT2D eigenvalue weighted by Gasteiger charge is -2.31. The summed E-state index contributed by atoms with van der Waals surface area (Å²) in [6, 6.07) is 0. The monoisotopic (exact) mass is 242 g/mol. The van der Waals surface area contributed by atoms with E-state index in [0.29, 0.717) is 5.92 Å². The Kier molecular flexibility index (Phi) is 7.19. The van der Waals surface area contributed by atoms with E-state index >= 15 is 0 Å². The summed E-state index contributed by atoms with van der Waals surface area (Å²) in [6.07, 6.45) is 0. The predicted molar refractivity (Wildman–Crippen MR) is 76.6 cm³/mol. The van der Waals surface area contributed by atoms with E-state index in [0.717, 1.165) is 25.6 Å². The first kappa shape index (κ1) is 16.2. The molecule has 0 unspecified atom stereocenters. The second kappa shape index (κ2) is 7.54. The lowest BCUT2D eigenvalue weighted by atomic mass is 10.1. The molecule has 0 aliphatic carbocycles. The van der Waals surface area contributed by atoms with Crippen LogP contribution in [0.15, 0.2) is 4.99 Å². The van der Waals surface area contributed by atoms with Crippen molar-refractivity contribution < 1.29 is 0 Å². The number of likely N-dealkylation sites (N-methyl/N-ethyl adjacent to an activating group) is 1. The van der Waals surface area contributed by atoms with Crippen LogP contribution in [0.1, 0.15) is 34.6 Å². The Hall–Kier alpha value is -0.770. The van der Waals surface area contributed by atoms with E-state index in [9.17, 15) is 0 Å². The van der Waals surface area contributed by atoms with Crippen molar-refractivity contribution in [1.29, 1.82) is 0 Å². The Bertz CT molecular complexity index is 232. The maximum Gasteiger partial charge on any atom is 0.191 e. The molecule has 0 radical (unpaired) electrons. The van der Waals surface area contributed by atoms with E-state index in [1.807, 2.05) is 0 Å². The van der Waals surface area contributed by atoms with E-state index in [2.05, 4.69) is 69.2 Å². The number of nitrogens with zero attached hydrogens (tertiary/aromatic N) is 2. The molecule has 2 N–H and O–H groups in total. The van der Waals surface area contributed by atoms with Crippen LogP contribution in [0.4, 0.5) is 0 Å². The molecule has 0 amide bonds. The van der Waals surface area contributed by atoms with Crippen LogP contribution in [-0.4, -0.2) is 50.1 Å². The first-order chi connectivity index (χ1) is 7.79. The van der Waals surface area contributed by atoms with Gasteiger partial charge in [0.2, 0.25) is 0 Å². The summed E-state index contributed by atoms with van der Waals surface area (Å²) in [5.41, 5.74) is 0.0835. The third-order valence-electron chi connectivity index (χ3n) is 2.86. The summed E-state index contributed by atoms with van der Waals surface area (Å²) in [5, 5.41) is 6.62. The van der Waals surface area contributed by atoms with Crippen LogP contribution in [0.2, 0.25) is 0 Å². The zero-order chi connectivity index (χ0) is 13.5. The maximum atomic E-state index is 4.63. The molecule has 0 atom stereocenters. The highest BCUT2D eigenvalue weighted by Crippen LogP contribution is 2.09. The van der Waals surface area contributed by atoms with Crippen molar-refractivity contribution in [3.05, 3.63) is 0 Å². The van der Waals surface area contributed by atoms with Crippen molar-refractivity contribution in [2.24, 2.45) is 10.9 Å². The number of guanidine groups is 1. The molecule has 0 fully saturated rings. The maximum absolute atomic E-state index is 4.63. The number of aliphatic imine (C=N–C) groups is 1. The largest absolute Gasteiger partial charge is 0.357 e. The minimum absolute atomic E-state index is 0.0835. The summed E-state index contributed by atoms with van der Waals surface area (Å²) in [6.45, 7) is 13.5. The van der Waals surface area contributed by atoms with E-state index < -0.39 is 0 Å². The first-order valence-corrected chi connectivity index (χ1v) is 6.49. The van der Waals surface area contributed by atoms with Crippen LogP contribution in [0.5, 0.6) is 0 Å². The summed E-state index contributed by atoms with van der Waals surface area (Å²) in [7, 11) is 4.17. The van der Waals surface area contributed by atoms with Crippen molar-refractivity contribution in [2.45, 2.75) is 40.2 Å². The van der Waals surface area contributed by atoms with Gasteiger partial charge in [0.25, 0.3) is 0 Å². The normalized spacial score (nSPS) is 13.4. The Labute approximate surface area is 107 Å². The third-order valence-corrected chi connectivity index (χ3v) is 2.86. The molecule has 0 aromatic rings. The highest BCUT2D eigenvalue weighted by atomic mass is 15.2. The molecule has 0 aliphatic rings. The highest BCUT2D eigenvalue weighted by Gasteiger charge is 2.19. The van der Waals surface area contributed by atoms with Crippen LogP contribution >= 0.6 is 0 Å². The van der Waals surface area contributed by atoms with E-state index in [1.54, 1.807) is 0 Å². The Morgan fingerprint density at radius 1 is 1.24 bits per heavy atom. The van der Waals surface area contributed by atoms with Gasteiger partial charge < -0.3 is 15.5 Å². The molecule has 0 aromatic heterocycles. The second-order valence-electron chi connectivity index (χ2n) is 5.68. The van der Waals surface area contributed by atoms with Crippen molar-refractivity contribution in [3.63, 3.8) is 0 Å². The summed E-state index contributed by atoms with van der Waals surface area (Å²) < 4.78 is 0. The van der Waals surface area contributed by atoms with Gasteiger partial charge in [-0.15, -0.1) is 0 Å². The predicted octanol–water partition coefficient (Wildman–Crippen LogP) is 1.54. The van der Waals surface area contributed by atoms with E-state index in [1.165, 1.54) is 0 Å². The molecule has 102 valence electrons. The summed E-state index contributed by atoms with van der Waals surface area (Å²) in [4.78, 5) is 6.83. The van der Waals surface area contributed by atoms with Crippen LogP contribution in [0, 0.1) is 5.92 Å². The first-order valence-electron chi connectivity index (χ1n) is 6.49. The molecular weight excluding hydrogens is 212 g/mol. The zero-order valence-electron chi connectivity index (χ0n) is 12.6. The van der Waals surface area contributed by atoms with Gasteiger partial charge in [-0.05, 0) is 40.8 Å². The van der Waals surface area contributed by atoms with Gasteiger partial charge in [-0.25, -0.2) is 0 Å². The number of hydrogen-bond acceptors (Lipinski definition) is 2. The number of rotatable bonds is 6. The summed E-state index contributed by atoms with van der Waals surface area (Å²) >= 11 is 0. The topological polar surface area (TPSA) is 39.7 Å². The van der Waals surface area contributed by atoms with Crippen LogP contribution < -0.4 is 10.6 Å².